The Bertz CT molecular complexity index is 939. The summed E-state index contributed by atoms with van der Waals surface area (Å²) >= 11 is 0. The molecular weight excluding hydrogens is 373 g/mol. The first-order valence-corrected chi connectivity index (χ1v) is 9.89. The first-order chi connectivity index (χ1) is 14.0. The molecule has 6 nitrogen and oxygen atoms in total. The van der Waals surface area contributed by atoms with Crippen LogP contribution in [0, 0.1) is 5.82 Å². The molecule has 0 atom stereocenters. The van der Waals surface area contributed by atoms with Crippen LogP contribution >= 0.6 is 0 Å². The Morgan fingerprint density at radius 3 is 2.76 bits per heavy atom. The van der Waals surface area contributed by atoms with Gasteiger partial charge in [-0.25, -0.2) is 4.39 Å². The number of pyridine rings is 1. The number of nitrogens with zero attached hydrogens (tertiary/aromatic N) is 2. The molecule has 3 heterocycles. The van der Waals surface area contributed by atoms with Crippen LogP contribution in [0.1, 0.15) is 40.7 Å². The maximum Gasteiger partial charge on any atom is 0.252 e. The second kappa shape index (κ2) is 7.81. The molecule has 0 unspecified atom stereocenters. The lowest BCUT2D eigenvalue weighted by atomic mass is 9.83. The summed E-state index contributed by atoms with van der Waals surface area (Å²) in [4.78, 5) is 30.4. The molecule has 7 heteroatoms. The van der Waals surface area contributed by atoms with E-state index in [2.05, 4.69) is 10.3 Å². The SMILES string of the molecule is CNC(=O)c1cncc(CC(=O)N2CCC3(CCc4ccc(F)cc4O3)CC2)c1. The predicted octanol–water partition coefficient (Wildman–Crippen LogP) is 2.51. The topological polar surface area (TPSA) is 71.5 Å². The number of rotatable bonds is 3. The first kappa shape index (κ1) is 19.4. The van der Waals surface area contributed by atoms with Crippen molar-refractivity contribution in [1.82, 2.24) is 15.2 Å². The van der Waals surface area contributed by atoms with Gasteiger partial charge in [-0.15, -0.1) is 0 Å². The molecule has 1 saturated heterocycles. The van der Waals surface area contributed by atoms with Crippen LogP contribution in [0.5, 0.6) is 5.75 Å². The number of carbonyl (C=O) groups excluding carboxylic acids is 2. The lowest BCUT2D eigenvalue weighted by molar-refractivity contribution is -0.134. The molecule has 0 bridgehead atoms. The van der Waals surface area contributed by atoms with Gasteiger partial charge in [0.15, 0.2) is 0 Å². The number of nitrogens with one attached hydrogen (secondary N) is 1. The van der Waals surface area contributed by atoms with Crippen molar-refractivity contribution in [2.75, 3.05) is 20.1 Å². The van der Waals surface area contributed by atoms with Crippen LogP contribution in [0.25, 0.3) is 0 Å². The Kier molecular flexibility index (Phi) is 5.22. The van der Waals surface area contributed by atoms with E-state index < -0.39 is 0 Å². The van der Waals surface area contributed by atoms with Crippen LogP contribution in [-0.4, -0.2) is 47.4 Å². The number of hydrogen-bond donors (Lipinski definition) is 1. The van der Waals surface area contributed by atoms with Crippen molar-refractivity contribution >= 4 is 11.8 Å². The van der Waals surface area contributed by atoms with Crippen molar-refractivity contribution in [3.63, 3.8) is 0 Å². The van der Waals surface area contributed by atoms with E-state index in [1.807, 2.05) is 4.90 Å². The second-order valence-electron chi connectivity index (χ2n) is 7.76. The van der Waals surface area contributed by atoms with Crippen molar-refractivity contribution in [2.24, 2.45) is 0 Å². The zero-order valence-corrected chi connectivity index (χ0v) is 16.4. The third-order valence-corrected chi connectivity index (χ3v) is 5.87. The van der Waals surface area contributed by atoms with Gasteiger partial charge in [0.05, 0.1) is 12.0 Å². The molecule has 0 radical (unpaired) electrons. The molecule has 1 aromatic heterocycles. The first-order valence-electron chi connectivity index (χ1n) is 9.89. The van der Waals surface area contributed by atoms with Gasteiger partial charge in [-0.2, -0.15) is 0 Å². The van der Waals surface area contributed by atoms with Crippen molar-refractivity contribution in [2.45, 2.75) is 37.7 Å². The van der Waals surface area contributed by atoms with Crippen molar-refractivity contribution in [1.29, 1.82) is 0 Å². The number of benzene rings is 1. The number of fused-ring (bicyclic) bond motifs is 1. The Morgan fingerprint density at radius 2 is 2.00 bits per heavy atom. The Hall–Kier alpha value is -2.96. The van der Waals surface area contributed by atoms with E-state index in [4.69, 9.17) is 4.74 Å². The van der Waals surface area contributed by atoms with Crippen LogP contribution in [0.3, 0.4) is 0 Å². The van der Waals surface area contributed by atoms with Gasteiger partial charge < -0.3 is 15.0 Å². The molecule has 0 saturated carbocycles. The van der Waals surface area contributed by atoms with Crippen molar-refractivity contribution < 1.29 is 18.7 Å². The van der Waals surface area contributed by atoms with Gasteiger partial charge in [-0.1, -0.05) is 6.07 Å². The largest absolute Gasteiger partial charge is 0.487 e. The second-order valence-corrected chi connectivity index (χ2v) is 7.76. The number of aromatic nitrogens is 1. The maximum atomic E-state index is 13.6. The van der Waals surface area contributed by atoms with Crippen LogP contribution < -0.4 is 10.1 Å². The van der Waals surface area contributed by atoms with Crippen molar-refractivity contribution in [3.8, 4) is 5.75 Å². The monoisotopic (exact) mass is 397 g/mol. The van der Waals surface area contributed by atoms with Gasteiger partial charge in [-0.3, -0.25) is 14.6 Å². The number of hydrogen-bond acceptors (Lipinski definition) is 4. The third-order valence-electron chi connectivity index (χ3n) is 5.87. The van der Waals surface area contributed by atoms with Gasteiger partial charge >= 0.3 is 0 Å². The quantitative estimate of drug-likeness (QED) is 0.864. The highest BCUT2D eigenvalue weighted by molar-refractivity contribution is 5.94. The standard InChI is InChI=1S/C22H24FN3O3/c1-24-21(28)17-10-15(13-25-14-17)11-20(27)26-8-6-22(7-9-26)5-4-16-2-3-18(23)12-19(16)29-22/h2-3,10,12-14H,4-9,11H2,1H3,(H,24,28). The Labute approximate surface area is 169 Å². The number of ether oxygens (including phenoxy) is 1. The van der Waals surface area contributed by atoms with Crippen LogP contribution in [0.4, 0.5) is 4.39 Å². The summed E-state index contributed by atoms with van der Waals surface area (Å²) in [5.74, 6) is 0.130. The molecule has 2 aromatic rings. The number of likely N-dealkylation sites (tertiary alicyclic amines) is 1. The van der Waals surface area contributed by atoms with E-state index in [1.165, 1.54) is 18.3 Å². The number of piperidine rings is 1. The molecule has 29 heavy (non-hydrogen) atoms. The lowest BCUT2D eigenvalue weighted by Crippen LogP contribution is -2.51. The number of amides is 2. The van der Waals surface area contributed by atoms with E-state index in [0.29, 0.717) is 24.4 Å². The van der Waals surface area contributed by atoms with E-state index in [0.717, 1.165) is 36.8 Å². The molecule has 152 valence electrons. The van der Waals surface area contributed by atoms with Crippen LogP contribution in [0.2, 0.25) is 0 Å². The molecule has 2 aliphatic rings. The molecule has 1 fully saturated rings. The zero-order valence-electron chi connectivity index (χ0n) is 16.4. The fraction of sp³-hybridized carbons (Fsp3) is 0.409. The van der Waals surface area contributed by atoms with Gasteiger partial charge in [0, 0.05) is 51.4 Å². The summed E-state index contributed by atoms with van der Waals surface area (Å²) in [6, 6.07) is 6.41. The Balaban J connectivity index is 1.37. The molecular formula is C22H24FN3O3. The number of carbonyl (C=O) groups is 2. The number of aryl methyl sites for hydroxylation is 1. The highest BCUT2D eigenvalue weighted by Gasteiger charge is 2.40. The Morgan fingerprint density at radius 1 is 1.21 bits per heavy atom. The minimum absolute atomic E-state index is 0.0120. The van der Waals surface area contributed by atoms with Crippen molar-refractivity contribution in [3.05, 3.63) is 59.2 Å². The molecule has 0 aliphatic carbocycles. The van der Waals surface area contributed by atoms with E-state index in [-0.39, 0.29) is 29.7 Å². The number of halogens is 1. The third kappa shape index (κ3) is 4.09. The normalized spacial score (nSPS) is 17.4. The van der Waals surface area contributed by atoms with E-state index in [9.17, 15) is 14.0 Å². The highest BCUT2D eigenvalue weighted by Crippen LogP contribution is 2.39. The van der Waals surface area contributed by atoms with E-state index in [1.54, 1.807) is 25.4 Å². The maximum absolute atomic E-state index is 13.6. The fourth-order valence-electron chi connectivity index (χ4n) is 4.13. The van der Waals surface area contributed by atoms with Gasteiger partial charge in [0.25, 0.3) is 5.91 Å². The summed E-state index contributed by atoms with van der Waals surface area (Å²) in [5, 5.41) is 2.56. The highest BCUT2D eigenvalue weighted by atomic mass is 19.1. The summed E-state index contributed by atoms with van der Waals surface area (Å²) in [7, 11) is 1.56. The summed E-state index contributed by atoms with van der Waals surface area (Å²) < 4.78 is 19.8. The molecule has 2 aliphatic heterocycles. The van der Waals surface area contributed by atoms with E-state index >= 15 is 0 Å². The molecule has 1 spiro atoms. The average Bonchev–Trinajstić information content (AvgIpc) is 2.73. The molecule has 1 aromatic carbocycles. The van der Waals surface area contributed by atoms with Gasteiger partial charge in [-0.05, 0) is 36.1 Å². The van der Waals surface area contributed by atoms with Gasteiger partial charge in [0.2, 0.25) is 5.91 Å². The molecule has 4 rings (SSSR count). The van der Waals surface area contributed by atoms with Crippen LogP contribution in [0.15, 0.2) is 36.7 Å². The predicted molar refractivity (Wildman–Crippen MR) is 105 cm³/mol. The van der Waals surface area contributed by atoms with Gasteiger partial charge in [0.1, 0.15) is 17.2 Å². The summed E-state index contributed by atoms with van der Waals surface area (Å²) in [5.41, 5.74) is 1.88. The molecule has 2 amide bonds. The van der Waals surface area contributed by atoms with Crippen LogP contribution in [-0.2, 0) is 17.6 Å². The average molecular weight is 397 g/mol. The lowest BCUT2D eigenvalue weighted by Gasteiger charge is -2.44. The summed E-state index contributed by atoms with van der Waals surface area (Å²) in [6.07, 6.45) is 6.51. The minimum Gasteiger partial charge on any atom is -0.487 e. The smallest absolute Gasteiger partial charge is 0.252 e. The minimum atomic E-state index is -0.321. The fourth-order valence-corrected chi connectivity index (χ4v) is 4.13. The summed E-state index contributed by atoms with van der Waals surface area (Å²) in [6.45, 7) is 1.21. The molecule has 1 N–H and O–H groups in total. The zero-order chi connectivity index (χ0) is 20.4.